The lowest BCUT2D eigenvalue weighted by Gasteiger charge is -2.05. The Hall–Kier alpha value is -1.69. The van der Waals surface area contributed by atoms with E-state index in [-0.39, 0.29) is 0 Å². The zero-order valence-corrected chi connectivity index (χ0v) is 10.7. The van der Waals surface area contributed by atoms with Crippen molar-refractivity contribution in [1.82, 2.24) is 24.7 Å². The number of halogens is 1. The number of nitrogens with zero attached hydrogens (tertiary/aromatic N) is 5. The second-order valence-electron chi connectivity index (χ2n) is 4.40. The summed E-state index contributed by atoms with van der Waals surface area (Å²) in [6.07, 6.45) is 3.97. The van der Waals surface area contributed by atoms with Gasteiger partial charge in [0, 0.05) is 19.0 Å². The van der Waals surface area contributed by atoms with Gasteiger partial charge in [0.05, 0.1) is 6.54 Å². The van der Waals surface area contributed by atoms with Gasteiger partial charge in [-0.1, -0.05) is 11.6 Å². The highest BCUT2D eigenvalue weighted by Gasteiger charge is 2.27. The molecular formula is C11H13ClN6. The van der Waals surface area contributed by atoms with Gasteiger partial charge >= 0.3 is 0 Å². The molecule has 2 aromatic heterocycles. The van der Waals surface area contributed by atoms with Crippen molar-refractivity contribution in [2.45, 2.75) is 25.3 Å². The molecule has 1 fully saturated rings. The maximum atomic E-state index is 5.98. The standard InChI is InChI=1S/C11H13ClN6/c1-18-6-14-10(17-18)5-13-9-4-8(12)15-11(16-9)7-2-3-7/h4,6-7H,2-3,5H2,1H3,(H,13,15,16). The fourth-order valence-corrected chi connectivity index (χ4v) is 1.87. The average Bonchev–Trinajstić information content (AvgIpc) is 3.10. The molecule has 0 unspecified atom stereocenters. The molecule has 0 aliphatic heterocycles. The zero-order valence-electron chi connectivity index (χ0n) is 9.97. The van der Waals surface area contributed by atoms with Crippen LogP contribution in [-0.2, 0) is 13.6 Å². The number of anilines is 1. The molecule has 0 radical (unpaired) electrons. The summed E-state index contributed by atoms with van der Waals surface area (Å²) >= 11 is 5.98. The lowest BCUT2D eigenvalue weighted by atomic mass is 10.4. The Balaban J connectivity index is 1.71. The van der Waals surface area contributed by atoms with Gasteiger partial charge in [0.2, 0.25) is 0 Å². The number of hydrogen-bond donors (Lipinski definition) is 1. The van der Waals surface area contributed by atoms with Crippen LogP contribution >= 0.6 is 11.6 Å². The fourth-order valence-electron chi connectivity index (χ4n) is 1.68. The Kier molecular flexibility index (Phi) is 2.87. The van der Waals surface area contributed by atoms with Gasteiger partial charge in [0.25, 0.3) is 0 Å². The third kappa shape index (κ3) is 2.59. The van der Waals surface area contributed by atoms with Crippen LogP contribution in [0.5, 0.6) is 0 Å². The van der Waals surface area contributed by atoms with Crippen LogP contribution in [0.3, 0.4) is 0 Å². The molecule has 7 heteroatoms. The number of aryl methyl sites for hydroxylation is 1. The Morgan fingerprint density at radius 3 is 2.94 bits per heavy atom. The molecule has 6 nitrogen and oxygen atoms in total. The van der Waals surface area contributed by atoms with Gasteiger partial charge in [-0.05, 0) is 12.8 Å². The molecule has 0 spiro atoms. The number of rotatable bonds is 4. The number of nitrogens with one attached hydrogen (secondary N) is 1. The molecular weight excluding hydrogens is 252 g/mol. The topological polar surface area (TPSA) is 68.5 Å². The van der Waals surface area contributed by atoms with E-state index < -0.39 is 0 Å². The van der Waals surface area contributed by atoms with Gasteiger partial charge in [-0.3, -0.25) is 4.68 Å². The summed E-state index contributed by atoms with van der Waals surface area (Å²) in [7, 11) is 1.84. The molecule has 0 aromatic carbocycles. The van der Waals surface area contributed by atoms with Crippen LogP contribution in [0.25, 0.3) is 0 Å². The predicted molar refractivity (Wildman–Crippen MR) is 67.3 cm³/mol. The van der Waals surface area contributed by atoms with E-state index in [1.807, 2.05) is 7.05 Å². The quantitative estimate of drug-likeness (QED) is 0.852. The van der Waals surface area contributed by atoms with Crippen molar-refractivity contribution in [3.63, 3.8) is 0 Å². The molecule has 1 aliphatic carbocycles. The first kappa shape index (κ1) is 11.4. The van der Waals surface area contributed by atoms with Gasteiger partial charge in [-0.2, -0.15) is 5.10 Å². The second kappa shape index (κ2) is 4.53. The monoisotopic (exact) mass is 264 g/mol. The second-order valence-corrected chi connectivity index (χ2v) is 4.78. The first-order chi connectivity index (χ1) is 8.70. The molecule has 1 N–H and O–H groups in total. The van der Waals surface area contributed by atoms with Crippen LogP contribution in [0, 0.1) is 0 Å². The minimum Gasteiger partial charge on any atom is -0.363 e. The zero-order chi connectivity index (χ0) is 12.5. The molecule has 0 atom stereocenters. The van der Waals surface area contributed by atoms with Crippen molar-refractivity contribution in [2.75, 3.05) is 5.32 Å². The lowest BCUT2D eigenvalue weighted by Crippen LogP contribution is -2.06. The third-order valence-corrected chi connectivity index (χ3v) is 2.92. The third-order valence-electron chi connectivity index (χ3n) is 2.73. The van der Waals surface area contributed by atoms with E-state index in [9.17, 15) is 0 Å². The van der Waals surface area contributed by atoms with Gasteiger partial charge in [-0.25, -0.2) is 15.0 Å². The SMILES string of the molecule is Cn1cnc(CNc2cc(Cl)nc(C3CC3)n2)n1. The van der Waals surface area contributed by atoms with Crippen LogP contribution < -0.4 is 5.32 Å². The first-order valence-electron chi connectivity index (χ1n) is 5.83. The van der Waals surface area contributed by atoms with E-state index in [4.69, 9.17) is 11.6 Å². The molecule has 18 heavy (non-hydrogen) atoms. The van der Waals surface area contributed by atoms with Gasteiger partial charge < -0.3 is 5.32 Å². The summed E-state index contributed by atoms with van der Waals surface area (Å²) in [4.78, 5) is 12.8. The molecule has 3 rings (SSSR count). The Morgan fingerprint density at radius 1 is 1.44 bits per heavy atom. The predicted octanol–water partition coefficient (Wildman–Crippen LogP) is 1.75. The van der Waals surface area contributed by atoms with Crippen molar-refractivity contribution in [3.8, 4) is 0 Å². The number of aromatic nitrogens is 5. The maximum Gasteiger partial charge on any atom is 0.169 e. The molecule has 1 saturated carbocycles. The molecule has 94 valence electrons. The summed E-state index contributed by atoms with van der Waals surface area (Å²) in [5, 5.41) is 7.82. The average molecular weight is 265 g/mol. The maximum absolute atomic E-state index is 5.98. The van der Waals surface area contributed by atoms with Crippen LogP contribution in [0.2, 0.25) is 5.15 Å². The van der Waals surface area contributed by atoms with Crippen LogP contribution in [0.15, 0.2) is 12.4 Å². The van der Waals surface area contributed by atoms with Crippen molar-refractivity contribution in [2.24, 2.45) is 7.05 Å². The van der Waals surface area contributed by atoms with Crippen molar-refractivity contribution in [3.05, 3.63) is 29.2 Å². The summed E-state index contributed by atoms with van der Waals surface area (Å²) in [5.41, 5.74) is 0. The first-order valence-corrected chi connectivity index (χ1v) is 6.21. The molecule has 2 aromatic rings. The van der Waals surface area contributed by atoms with E-state index in [0.717, 1.165) is 30.3 Å². The minimum atomic E-state index is 0.475. The van der Waals surface area contributed by atoms with Crippen molar-refractivity contribution in [1.29, 1.82) is 0 Å². The number of hydrogen-bond acceptors (Lipinski definition) is 5. The Bertz CT molecular complexity index is 562. The summed E-state index contributed by atoms with van der Waals surface area (Å²) < 4.78 is 1.67. The molecule has 2 heterocycles. The molecule has 0 bridgehead atoms. The van der Waals surface area contributed by atoms with E-state index in [1.54, 1.807) is 17.1 Å². The normalized spacial score (nSPS) is 14.8. The summed E-state index contributed by atoms with van der Waals surface area (Å²) in [6, 6.07) is 1.72. The highest BCUT2D eigenvalue weighted by Crippen LogP contribution is 2.38. The van der Waals surface area contributed by atoms with Gasteiger partial charge in [0.15, 0.2) is 5.82 Å². The van der Waals surface area contributed by atoms with Crippen LogP contribution in [-0.4, -0.2) is 24.7 Å². The van der Waals surface area contributed by atoms with E-state index >= 15 is 0 Å². The van der Waals surface area contributed by atoms with Gasteiger partial charge in [-0.15, -0.1) is 0 Å². The minimum absolute atomic E-state index is 0.475. The summed E-state index contributed by atoms with van der Waals surface area (Å²) in [5.74, 6) is 2.76. The Morgan fingerprint density at radius 2 is 2.28 bits per heavy atom. The van der Waals surface area contributed by atoms with Crippen LogP contribution in [0.4, 0.5) is 5.82 Å². The molecule has 1 aliphatic rings. The largest absolute Gasteiger partial charge is 0.363 e. The van der Waals surface area contributed by atoms with Crippen molar-refractivity contribution >= 4 is 17.4 Å². The van der Waals surface area contributed by atoms with Crippen LogP contribution in [0.1, 0.15) is 30.4 Å². The highest BCUT2D eigenvalue weighted by atomic mass is 35.5. The Labute approximate surface area is 109 Å². The lowest BCUT2D eigenvalue weighted by molar-refractivity contribution is 0.746. The summed E-state index contributed by atoms with van der Waals surface area (Å²) in [6.45, 7) is 0.526. The smallest absolute Gasteiger partial charge is 0.169 e. The van der Waals surface area contributed by atoms with E-state index in [1.165, 1.54) is 0 Å². The van der Waals surface area contributed by atoms with Gasteiger partial charge in [0.1, 0.15) is 23.1 Å². The van der Waals surface area contributed by atoms with Crippen molar-refractivity contribution < 1.29 is 0 Å². The molecule has 0 saturated heterocycles. The van der Waals surface area contributed by atoms with E-state index in [0.29, 0.717) is 17.6 Å². The fraction of sp³-hybridized carbons (Fsp3) is 0.455. The van der Waals surface area contributed by atoms with E-state index in [2.05, 4.69) is 25.4 Å². The molecule has 0 amide bonds. The highest BCUT2D eigenvalue weighted by molar-refractivity contribution is 6.29.